The molecular formula is C15H21N5O. The molecule has 21 heavy (non-hydrogen) atoms. The summed E-state index contributed by atoms with van der Waals surface area (Å²) in [5.74, 6) is 0.908. The van der Waals surface area contributed by atoms with E-state index < -0.39 is 0 Å². The van der Waals surface area contributed by atoms with Gasteiger partial charge in [0.1, 0.15) is 5.52 Å². The van der Waals surface area contributed by atoms with Crippen molar-refractivity contribution >= 4 is 22.9 Å². The Morgan fingerprint density at radius 3 is 3.19 bits per heavy atom. The minimum Gasteiger partial charge on any atom is -0.369 e. The largest absolute Gasteiger partial charge is 0.369 e. The summed E-state index contributed by atoms with van der Waals surface area (Å²) in [5, 5.41) is 6.38. The third kappa shape index (κ3) is 3.16. The third-order valence-corrected chi connectivity index (χ3v) is 4.01. The topological polar surface area (TPSA) is 95.8 Å². The lowest BCUT2D eigenvalue weighted by atomic mass is 9.96. The molecule has 1 fully saturated rings. The summed E-state index contributed by atoms with van der Waals surface area (Å²) < 4.78 is 0. The predicted molar refractivity (Wildman–Crippen MR) is 83.1 cm³/mol. The van der Waals surface area contributed by atoms with E-state index in [4.69, 9.17) is 5.73 Å². The molecule has 1 aliphatic rings. The molecule has 1 aliphatic heterocycles. The van der Waals surface area contributed by atoms with Crippen LogP contribution in [0.1, 0.15) is 29.6 Å². The lowest BCUT2D eigenvalue weighted by Gasteiger charge is -2.22. The molecule has 6 heteroatoms. The van der Waals surface area contributed by atoms with Crippen LogP contribution >= 0.6 is 0 Å². The van der Waals surface area contributed by atoms with Crippen LogP contribution in [0.4, 0.5) is 5.95 Å². The number of rotatable bonds is 4. The standard InChI is InChI=1S/C15H21N5O/c16-15-19-12-5-1-4-11(13(12)20-15)14(21)18-8-6-10-3-2-7-17-9-10/h1,4-5,10,17H,2-3,6-9H2,(H,18,21)(H3,16,19,20). The summed E-state index contributed by atoms with van der Waals surface area (Å²) in [6.07, 6.45) is 3.48. The van der Waals surface area contributed by atoms with Crippen molar-refractivity contribution in [2.75, 3.05) is 25.4 Å². The zero-order chi connectivity index (χ0) is 14.7. The van der Waals surface area contributed by atoms with E-state index in [0.29, 0.717) is 29.5 Å². The van der Waals surface area contributed by atoms with E-state index in [1.54, 1.807) is 6.07 Å². The first-order valence-corrected chi connectivity index (χ1v) is 7.47. The molecular weight excluding hydrogens is 266 g/mol. The fraction of sp³-hybridized carbons (Fsp3) is 0.467. The van der Waals surface area contributed by atoms with Gasteiger partial charge in [-0.25, -0.2) is 4.98 Å². The molecule has 2 heterocycles. The van der Waals surface area contributed by atoms with Crippen LogP contribution in [-0.2, 0) is 0 Å². The number of hydrogen-bond acceptors (Lipinski definition) is 4. The van der Waals surface area contributed by atoms with Crippen molar-refractivity contribution in [3.8, 4) is 0 Å². The smallest absolute Gasteiger partial charge is 0.253 e. The zero-order valence-electron chi connectivity index (χ0n) is 12.0. The van der Waals surface area contributed by atoms with Crippen molar-refractivity contribution in [2.24, 2.45) is 5.92 Å². The number of carbonyl (C=O) groups excluding carboxylic acids is 1. The number of carbonyl (C=O) groups is 1. The van der Waals surface area contributed by atoms with Crippen molar-refractivity contribution in [2.45, 2.75) is 19.3 Å². The van der Waals surface area contributed by atoms with E-state index >= 15 is 0 Å². The molecule has 0 radical (unpaired) electrons. The Morgan fingerprint density at radius 2 is 2.38 bits per heavy atom. The summed E-state index contributed by atoms with van der Waals surface area (Å²) in [6.45, 7) is 2.87. The van der Waals surface area contributed by atoms with Crippen LogP contribution in [0.15, 0.2) is 18.2 Å². The van der Waals surface area contributed by atoms with Crippen LogP contribution in [0.25, 0.3) is 11.0 Å². The Morgan fingerprint density at radius 1 is 1.48 bits per heavy atom. The highest BCUT2D eigenvalue weighted by Gasteiger charge is 2.15. The van der Waals surface area contributed by atoms with Gasteiger partial charge in [0.15, 0.2) is 5.95 Å². The maximum Gasteiger partial charge on any atom is 0.253 e. The van der Waals surface area contributed by atoms with Gasteiger partial charge in [-0.1, -0.05) is 6.07 Å². The van der Waals surface area contributed by atoms with Crippen molar-refractivity contribution in [3.63, 3.8) is 0 Å². The van der Waals surface area contributed by atoms with Gasteiger partial charge in [-0.3, -0.25) is 4.79 Å². The highest BCUT2D eigenvalue weighted by atomic mass is 16.1. The number of para-hydroxylation sites is 1. The first-order valence-electron chi connectivity index (χ1n) is 7.47. The molecule has 1 amide bonds. The Balaban J connectivity index is 1.61. The van der Waals surface area contributed by atoms with Crippen molar-refractivity contribution in [1.29, 1.82) is 0 Å². The number of H-pyrrole nitrogens is 1. The first-order chi connectivity index (χ1) is 10.2. The Hall–Kier alpha value is -2.08. The normalized spacial score (nSPS) is 18.8. The van der Waals surface area contributed by atoms with Crippen LogP contribution < -0.4 is 16.4 Å². The maximum atomic E-state index is 12.3. The number of anilines is 1. The quantitative estimate of drug-likeness (QED) is 0.681. The molecule has 1 saturated heterocycles. The van der Waals surface area contributed by atoms with Gasteiger partial charge < -0.3 is 21.4 Å². The summed E-state index contributed by atoms with van der Waals surface area (Å²) >= 11 is 0. The number of nitrogens with two attached hydrogens (primary N) is 1. The molecule has 0 spiro atoms. The molecule has 1 aromatic heterocycles. The fourth-order valence-electron chi connectivity index (χ4n) is 2.89. The van der Waals surface area contributed by atoms with Gasteiger partial charge >= 0.3 is 0 Å². The lowest BCUT2D eigenvalue weighted by Crippen LogP contribution is -2.33. The van der Waals surface area contributed by atoms with E-state index in [1.807, 2.05) is 12.1 Å². The van der Waals surface area contributed by atoms with Crippen LogP contribution in [-0.4, -0.2) is 35.5 Å². The number of benzene rings is 1. The summed E-state index contributed by atoms with van der Waals surface area (Å²) in [5.41, 5.74) is 7.64. The Kier molecular flexibility index (Phi) is 4.06. The van der Waals surface area contributed by atoms with Crippen molar-refractivity contribution in [3.05, 3.63) is 23.8 Å². The number of hydrogen-bond donors (Lipinski definition) is 4. The number of nitrogen functional groups attached to an aromatic ring is 1. The highest BCUT2D eigenvalue weighted by molar-refractivity contribution is 6.05. The van der Waals surface area contributed by atoms with Gasteiger partial charge in [-0.2, -0.15) is 0 Å². The van der Waals surface area contributed by atoms with Gasteiger partial charge in [0.05, 0.1) is 11.1 Å². The van der Waals surface area contributed by atoms with Gasteiger partial charge in [0.25, 0.3) is 5.91 Å². The highest BCUT2D eigenvalue weighted by Crippen LogP contribution is 2.17. The molecule has 6 nitrogen and oxygen atoms in total. The third-order valence-electron chi connectivity index (χ3n) is 4.01. The molecule has 112 valence electrons. The van der Waals surface area contributed by atoms with Gasteiger partial charge in [-0.05, 0) is 50.4 Å². The molecule has 3 rings (SSSR count). The number of piperidine rings is 1. The molecule has 2 aromatic rings. The SMILES string of the molecule is Nc1nc2c(C(=O)NCCC3CCCNC3)cccc2[nH]1. The lowest BCUT2D eigenvalue weighted by molar-refractivity contribution is 0.0952. The maximum absolute atomic E-state index is 12.3. The molecule has 1 atom stereocenters. The molecule has 0 saturated carbocycles. The minimum absolute atomic E-state index is 0.0872. The van der Waals surface area contributed by atoms with Gasteiger partial charge in [0.2, 0.25) is 0 Å². The molecule has 0 aliphatic carbocycles. The second-order valence-corrected chi connectivity index (χ2v) is 5.58. The Labute approximate surface area is 123 Å². The van der Waals surface area contributed by atoms with E-state index in [9.17, 15) is 4.79 Å². The number of nitrogens with one attached hydrogen (secondary N) is 3. The average molecular weight is 287 g/mol. The van der Waals surface area contributed by atoms with Crippen molar-refractivity contribution < 1.29 is 4.79 Å². The minimum atomic E-state index is -0.0872. The van der Waals surface area contributed by atoms with Crippen LogP contribution in [0.2, 0.25) is 0 Å². The summed E-state index contributed by atoms with van der Waals surface area (Å²) in [6, 6.07) is 5.48. The molecule has 0 bridgehead atoms. The fourth-order valence-corrected chi connectivity index (χ4v) is 2.89. The molecule has 5 N–H and O–H groups in total. The van der Waals surface area contributed by atoms with E-state index in [0.717, 1.165) is 25.0 Å². The number of imidazole rings is 1. The molecule has 1 aromatic carbocycles. The van der Waals surface area contributed by atoms with E-state index in [1.165, 1.54) is 12.8 Å². The Bertz CT molecular complexity index is 630. The van der Waals surface area contributed by atoms with E-state index in [2.05, 4.69) is 20.6 Å². The zero-order valence-corrected chi connectivity index (χ0v) is 12.0. The number of aromatic nitrogens is 2. The van der Waals surface area contributed by atoms with E-state index in [-0.39, 0.29) is 5.91 Å². The summed E-state index contributed by atoms with van der Waals surface area (Å²) in [7, 11) is 0. The number of fused-ring (bicyclic) bond motifs is 1. The predicted octanol–water partition coefficient (Wildman–Crippen LogP) is 1.26. The average Bonchev–Trinajstić information content (AvgIpc) is 2.88. The summed E-state index contributed by atoms with van der Waals surface area (Å²) in [4.78, 5) is 19.4. The second-order valence-electron chi connectivity index (χ2n) is 5.58. The first kappa shape index (κ1) is 13.9. The second kappa shape index (κ2) is 6.13. The number of aromatic amines is 1. The van der Waals surface area contributed by atoms with Crippen LogP contribution in [0, 0.1) is 5.92 Å². The molecule has 1 unspecified atom stereocenters. The van der Waals surface area contributed by atoms with Gasteiger partial charge in [-0.15, -0.1) is 0 Å². The van der Waals surface area contributed by atoms with Crippen LogP contribution in [0.3, 0.4) is 0 Å². The number of nitrogens with zero attached hydrogens (tertiary/aromatic N) is 1. The van der Waals surface area contributed by atoms with Crippen molar-refractivity contribution in [1.82, 2.24) is 20.6 Å². The van der Waals surface area contributed by atoms with Crippen LogP contribution in [0.5, 0.6) is 0 Å². The monoisotopic (exact) mass is 287 g/mol. The van der Waals surface area contributed by atoms with Gasteiger partial charge in [0, 0.05) is 6.54 Å². The number of amides is 1.